The van der Waals surface area contributed by atoms with Crippen LogP contribution < -0.4 is 4.18 Å². The lowest BCUT2D eigenvalue weighted by atomic mass is 10.2. The van der Waals surface area contributed by atoms with Crippen molar-refractivity contribution in [1.82, 2.24) is 0 Å². The zero-order chi connectivity index (χ0) is 17.3. The van der Waals surface area contributed by atoms with E-state index in [0.29, 0.717) is 12.1 Å². The molecule has 0 spiro atoms. The molecule has 0 atom stereocenters. The highest BCUT2D eigenvalue weighted by atomic mass is 35.5. The molecule has 120 valence electrons. The lowest BCUT2D eigenvalue weighted by Gasteiger charge is -2.14. The molecule has 0 saturated carbocycles. The first-order valence-electron chi connectivity index (χ1n) is 5.95. The predicted molar refractivity (Wildman–Crippen MR) is 75.4 cm³/mol. The van der Waals surface area contributed by atoms with Crippen LogP contribution in [0.5, 0.6) is 5.75 Å². The highest BCUT2D eigenvalue weighted by Gasteiger charge is 2.38. The predicted octanol–water partition coefficient (Wildman–Crippen LogP) is 4.00. The minimum atomic E-state index is -4.94. The molecule has 0 aromatic heterocycles. The molecule has 0 aliphatic carbocycles. The van der Waals surface area contributed by atoms with Crippen LogP contribution in [0.2, 0.25) is 5.02 Å². The number of benzene rings is 2. The van der Waals surface area contributed by atoms with E-state index in [9.17, 15) is 21.6 Å². The molecule has 2 rings (SSSR count). The van der Waals surface area contributed by atoms with Crippen molar-refractivity contribution in [2.24, 2.45) is 0 Å². The van der Waals surface area contributed by atoms with Crippen molar-refractivity contribution in [2.75, 3.05) is 0 Å². The second-order valence-corrected chi connectivity index (χ2v) is 6.23. The van der Waals surface area contributed by atoms with E-state index in [-0.39, 0.29) is 16.3 Å². The van der Waals surface area contributed by atoms with E-state index in [4.69, 9.17) is 21.0 Å². The topological polar surface area (TPSA) is 67.2 Å². The van der Waals surface area contributed by atoms with Gasteiger partial charge in [-0.15, -0.1) is 0 Å². The summed E-state index contributed by atoms with van der Waals surface area (Å²) in [5.74, 6) is -0.363. The van der Waals surface area contributed by atoms with Gasteiger partial charge in [-0.05, 0) is 30.3 Å². The van der Waals surface area contributed by atoms with Crippen LogP contribution >= 0.6 is 11.6 Å². The van der Waals surface area contributed by atoms with Gasteiger partial charge < -0.3 is 4.18 Å². The summed E-state index contributed by atoms with van der Waals surface area (Å²) in [6, 6.07) is 9.18. The molecule has 0 unspecified atom stereocenters. The van der Waals surface area contributed by atoms with Crippen LogP contribution in [0.15, 0.2) is 47.4 Å². The van der Waals surface area contributed by atoms with Gasteiger partial charge in [0.25, 0.3) is 0 Å². The molecule has 9 heteroatoms. The Morgan fingerprint density at radius 1 is 1.13 bits per heavy atom. The Bertz CT molecular complexity index is 889. The van der Waals surface area contributed by atoms with Gasteiger partial charge in [-0.25, -0.2) is 0 Å². The number of hydrogen-bond acceptors (Lipinski definition) is 4. The molecule has 4 nitrogen and oxygen atoms in total. The van der Waals surface area contributed by atoms with E-state index < -0.39 is 26.8 Å². The molecule has 2 aromatic rings. The van der Waals surface area contributed by atoms with E-state index in [0.717, 1.165) is 6.07 Å². The third-order valence-electron chi connectivity index (χ3n) is 2.72. The third-order valence-corrected chi connectivity index (χ3v) is 4.25. The van der Waals surface area contributed by atoms with E-state index in [1.807, 2.05) is 0 Å². The highest BCUT2D eigenvalue weighted by molar-refractivity contribution is 7.87. The van der Waals surface area contributed by atoms with Crippen LogP contribution in [-0.2, 0) is 16.3 Å². The lowest BCUT2D eigenvalue weighted by Crippen LogP contribution is -2.17. The Balaban J connectivity index is 2.56. The Kier molecular flexibility index (Phi) is 4.54. The van der Waals surface area contributed by atoms with Crippen LogP contribution in [0.1, 0.15) is 11.1 Å². The molecule has 0 fully saturated rings. The monoisotopic (exact) mass is 361 g/mol. The number of para-hydroxylation sites is 1. The second-order valence-electron chi connectivity index (χ2n) is 4.28. The van der Waals surface area contributed by atoms with Crippen LogP contribution in [0.25, 0.3) is 0 Å². The summed E-state index contributed by atoms with van der Waals surface area (Å²) >= 11 is 5.50. The second kappa shape index (κ2) is 6.10. The third kappa shape index (κ3) is 3.75. The van der Waals surface area contributed by atoms with E-state index in [2.05, 4.69) is 0 Å². The van der Waals surface area contributed by atoms with Crippen LogP contribution in [-0.4, -0.2) is 8.42 Å². The summed E-state index contributed by atoms with van der Waals surface area (Å²) in [5, 5.41) is 8.61. The van der Waals surface area contributed by atoms with Crippen molar-refractivity contribution >= 4 is 21.7 Å². The van der Waals surface area contributed by atoms with Crippen molar-refractivity contribution in [2.45, 2.75) is 11.1 Å². The highest BCUT2D eigenvalue weighted by Crippen LogP contribution is 2.37. The summed E-state index contributed by atoms with van der Waals surface area (Å²) in [6.07, 6.45) is -4.94. The standard InChI is InChI=1S/C14H7ClF3NO3S/c15-10-5-6-13(11(7-10)14(16,17)18)23(20,21)22-12-4-2-1-3-9(12)8-19/h1-7H. The zero-order valence-electron chi connectivity index (χ0n) is 11.1. The van der Waals surface area contributed by atoms with Gasteiger partial charge >= 0.3 is 16.3 Å². The largest absolute Gasteiger partial charge is 0.417 e. The minimum absolute atomic E-state index is 0.126. The maximum Gasteiger partial charge on any atom is 0.417 e. The van der Waals surface area contributed by atoms with Crippen molar-refractivity contribution in [3.05, 3.63) is 58.6 Å². The molecule has 23 heavy (non-hydrogen) atoms. The molecule has 0 aliphatic heterocycles. The fraction of sp³-hybridized carbons (Fsp3) is 0.0714. The van der Waals surface area contributed by atoms with Gasteiger partial charge in [0, 0.05) is 5.02 Å². The Morgan fingerprint density at radius 2 is 1.78 bits per heavy atom. The quantitative estimate of drug-likeness (QED) is 0.775. The Hall–Kier alpha value is -2.24. The van der Waals surface area contributed by atoms with Gasteiger partial charge in [0.15, 0.2) is 5.75 Å². The first-order chi connectivity index (χ1) is 10.6. The summed E-state index contributed by atoms with van der Waals surface area (Å²) in [5.41, 5.74) is -1.57. The number of halogens is 4. The number of nitriles is 1. The van der Waals surface area contributed by atoms with Crippen LogP contribution in [0, 0.1) is 11.3 Å². The van der Waals surface area contributed by atoms with Gasteiger partial charge in [0.2, 0.25) is 0 Å². The summed E-state index contributed by atoms with van der Waals surface area (Å²) < 4.78 is 68.1. The molecule has 0 amide bonds. The van der Waals surface area contributed by atoms with Gasteiger partial charge in [0.05, 0.1) is 11.1 Å². The summed E-state index contributed by atoms with van der Waals surface area (Å²) in [4.78, 5) is -1.08. The average molecular weight is 362 g/mol. The fourth-order valence-electron chi connectivity index (χ4n) is 1.74. The van der Waals surface area contributed by atoms with Gasteiger partial charge in [-0.1, -0.05) is 23.7 Å². The lowest BCUT2D eigenvalue weighted by molar-refractivity contribution is -0.139. The summed E-state index contributed by atoms with van der Waals surface area (Å²) in [6.45, 7) is 0. The molecule has 0 radical (unpaired) electrons. The van der Waals surface area contributed by atoms with E-state index >= 15 is 0 Å². The average Bonchev–Trinajstić information content (AvgIpc) is 2.46. The van der Waals surface area contributed by atoms with Crippen LogP contribution in [0.3, 0.4) is 0 Å². The normalized spacial score (nSPS) is 11.8. The van der Waals surface area contributed by atoms with E-state index in [1.54, 1.807) is 6.07 Å². The van der Waals surface area contributed by atoms with Gasteiger partial charge in [0.1, 0.15) is 11.0 Å². The minimum Gasteiger partial charge on any atom is -0.378 e. The Labute approximate surface area is 134 Å². The molecule has 0 heterocycles. The molecule has 0 aliphatic rings. The molecular formula is C14H7ClF3NO3S. The number of alkyl halides is 3. The zero-order valence-corrected chi connectivity index (χ0v) is 12.7. The smallest absolute Gasteiger partial charge is 0.378 e. The SMILES string of the molecule is N#Cc1ccccc1OS(=O)(=O)c1ccc(Cl)cc1C(F)(F)F. The first kappa shape index (κ1) is 17.1. The maximum atomic E-state index is 13.0. The summed E-state index contributed by atoms with van der Waals surface area (Å²) in [7, 11) is -4.81. The fourth-order valence-corrected chi connectivity index (χ4v) is 3.06. The molecule has 0 saturated heterocycles. The number of hydrogen-bond donors (Lipinski definition) is 0. The molecular weight excluding hydrogens is 355 g/mol. The number of rotatable bonds is 3. The van der Waals surface area contributed by atoms with Crippen LogP contribution in [0.4, 0.5) is 13.2 Å². The molecule has 2 aromatic carbocycles. The molecule has 0 bridgehead atoms. The van der Waals surface area contributed by atoms with Crippen molar-refractivity contribution < 1.29 is 25.8 Å². The van der Waals surface area contributed by atoms with Crippen molar-refractivity contribution in [1.29, 1.82) is 5.26 Å². The van der Waals surface area contributed by atoms with Gasteiger partial charge in [-0.3, -0.25) is 0 Å². The Morgan fingerprint density at radius 3 is 2.39 bits per heavy atom. The first-order valence-corrected chi connectivity index (χ1v) is 7.74. The van der Waals surface area contributed by atoms with E-state index in [1.165, 1.54) is 24.3 Å². The van der Waals surface area contributed by atoms with Crippen molar-refractivity contribution in [3.63, 3.8) is 0 Å². The maximum absolute atomic E-state index is 13.0. The molecule has 0 N–H and O–H groups in total. The van der Waals surface area contributed by atoms with Gasteiger partial charge in [-0.2, -0.15) is 26.9 Å². The number of nitrogens with zero attached hydrogens (tertiary/aromatic N) is 1. The van der Waals surface area contributed by atoms with Crippen molar-refractivity contribution in [3.8, 4) is 11.8 Å².